The zero-order chi connectivity index (χ0) is 28.5. The number of rotatable bonds is 5. The monoisotopic (exact) mass is 600 g/mol. The summed E-state index contributed by atoms with van der Waals surface area (Å²) in [6.07, 6.45) is 2.70. The van der Waals surface area contributed by atoms with Crippen LogP contribution in [0.5, 0.6) is 0 Å². The third kappa shape index (κ3) is 7.21. The maximum atomic E-state index is 12.8. The van der Waals surface area contributed by atoms with E-state index >= 15 is 0 Å². The number of halogens is 4. The topological polar surface area (TPSA) is 160 Å². The number of sulfonamides is 1. The fourth-order valence-electron chi connectivity index (χ4n) is 2.83. The summed E-state index contributed by atoms with van der Waals surface area (Å²) >= 11 is 13.1. The SMILES string of the molecule is CSc1nnc(C(C)(C)C)c(=O)n1N.Cc1nn(-c2cc(NS(C)(=O)=O)c(Cl)cc2Cl)c(=O)n1C(F)F. The summed E-state index contributed by atoms with van der Waals surface area (Å²) in [6, 6.07) is 2.31. The van der Waals surface area contributed by atoms with Crippen molar-refractivity contribution >= 4 is 50.7 Å². The van der Waals surface area contributed by atoms with Crippen LogP contribution in [0.1, 0.15) is 38.8 Å². The number of nitrogens with zero attached hydrogens (tertiary/aromatic N) is 6. The van der Waals surface area contributed by atoms with E-state index in [4.69, 9.17) is 29.0 Å². The van der Waals surface area contributed by atoms with Gasteiger partial charge in [0, 0.05) is 5.41 Å². The van der Waals surface area contributed by atoms with Crippen LogP contribution >= 0.6 is 35.0 Å². The van der Waals surface area contributed by atoms with Crippen molar-refractivity contribution in [2.24, 2.45) is 0 Å². The van der Waals surface area contributed by atoms with Crippen LogP contribution in [0.25, 0.3) is 5.69 Å². The van der Waals surface area contributed by atoms with Crippen molar-refractivity contribution in [3.05, 3.63) is 54.5 Å². The molecule has 0 amide bonds. The van der Waals surface area contributed by atoms with Gasteiger partial charge in [0.1, 0.15) is 11.5 Å². The second kappa shape index (κ2) is 11.4. The molecule has 0 fully saturated rings. The van der Waals surface area contributed by atoms with Crippen LogP contribution in [0.2, 0.25) is 10.0 Å². The summed E-state index contributed by atoms with van der Waals surface area (Å²) in [5, 5.41) is 11.8. The summed E-state index contributed by atoms with van der Waals surface area (Å²) in [4.78, 5) is 23.7. The number of benzene rings is 1. The number of nitrogens with one attached hydrogen (secondary N) is 1. The van der Waals surface area contributed by atoms with Gasteiger partial charge in [-0.1, -0.05) is 55.7 Å². The van der Waals surface area contributed by atoms with Crippen LogP contribution in [0.15, 0.2) is 26.9 Å². The number of thioether (sulfide) groups is 1. The lowest BCUT2D eigenvalue weighted by atomic mass is 9.93. The van der Waals surface area contributed by atoms with Crippen molar-refractivity contribution in [3.8, 4) is 5.69 Å². The highest BCUT2D eigenvalue weighted by molar-refractivity contribution is 7.98. The molecular formula is C19H24Cl2F2N8O4S2. The predicted molar refractivity (Wildman–Crippen MR) is 139 cm³/mol. The van der Waals surface area contributed by atoms with Gasteiger partial charge in [-0.2, -0.15) is 18.1 Å². The van der Waals surface area contributed by atoms with Gasteiger partial charge in [0.25, 0.3) is 5.56 Å². The van der Waals surface area contributed by atoms with Gasteiger partial charge in [-0.3, -0.25) is 9.52 Å². The third-order valence-corrected chi connectivity index (χ3v) is 6.34. The molecule has 1 aromatic carbocycles. The lowest BCUT2D eigenvalue weighted by Gasteiger charge is -2.16. The number of anilines is 1. The number of aryl methyl sites for hydroxylation is 1. The number of hydrogen-bond donors (Lipinski definition) is 2. The molecule has 0 unspecified atom stereocenters. The van der Waals surface area contributed by atoms with E-state index < -0.39 is 22.3 Å². The average molecular weight is 601 g/mol. The van der Waals surface area contributed by atoms with Crippen molar-refractivity contribution in [1.82, 2.24) is 29.2 Å². The number of alkyl halides is 2. The second-order valence-electron chi connectivity index (χ2n) is 8.51. The van der Waals surface area contributed by atoms with Gasteiger partial charge in [0.2, 0.25) is 15.2 Å². The minimum absolute atomic E-state index is 0.0257. The standard InChI is InChI=1S/C11H10Cl2F2N4O3S.C8H14N4OS/c1-5-16-19(11(20)18(5)10(14)15)9-4-8(17-23(2,21)22)6(12)3-7(9)13;1-8(2,3)5-6(13)12(9)7(14-4)11-10-5/h3-4,10,17H,1-2H3;9H2,1-4H3. The molecular weight excluding hydrogens is 577 g/mol. The maximum absolute atomic E-state index is 12.8. The molecule has 0 bridgehead atoms. The van der Waals surface area contributed by atoms with Crippen LogP contribution < -0.4 is 21.8 Å². The summed E-state index contributed by atoms with van der Waals surface area (Å²) in [5.74, 6) is 5.34. The Labute approximate surface area is 224 Å². The summed E-state index contributed by atoms with van der Waals surface area (Å²) in [6.45, 7) is 3.85. The normalized spacial score (nSPS) is 11.9. The van der Waals surface area contributed by atoms with E-state index in [1.165, 1.54) is 24.8 Å². The Morgan fingerprint density at radius 3 is 2.19 bits per heavy atom. The molecule has 3 N–H and O–H groups in total. The molecule has 2 heterocycles. The van der Waals surface area contributed by atoms with Crippen LogP contribution in [0.3, 0.4) is 0 Å². The van der Waals surface area contributed by atoms with Gasteiger partial charge in [0.15, 0.2) is 0 Å². The lowest BCUT2D eigenvalue weighted by molar-refractivity contribution is 0.0640. The Morgan fingerprint density at radius 2 is 1.73 bits per heavy atom. The highest BCUT2D eigenvalue weighted by Gasteiger charge is 2.23. The van der Waals surface area contributed by atoms with Crippen molar-refractivity contribution < 1.29 is 17.2 Å². The fourth-order valence-corrected chi connectivity index (χ4v) is 4.37. The highest BCUT2D eigenvalue weighted by Crippen LogP contribution is 2.31. The van der Waals surface area contributed by atoms with Crippen molar-refractivity contribution in [2.45, 2.75) is 44.8 Å². The van der Waals surface area contributed by atoms with Crippen LogP contribution in [-0.4, -0.2) is 50.2 Å². The molecule has 3 rings (SSSR count). The highest BCUT2D eigenvalue weighted by atomic mass is 35.5. The Bertz CT molecular complexity index is 1530. The number of aromatic nitrogens is 6. The Morgan fingerprint density at radius 1 is 1.14 bits per heavy atom. The van der Waals surface area contributed by atoms with Crippen molar-refractivity contribution in [2.75, 3.05) is 23.1 Å². The van der Waals surface area contributed by atoms with E-state index in [2.05, 4.69) is 20.0 Å². The van der Waals surface area contributed by atoms with E-state index in [9.17, 15) is 26.8 Å². The minimum Gasteiger partial charge on any atom is -0.334 e. The fraction of sp³-hybridized carbons (Fsp3) is 0.421. The molecule has 0 saturated carbocycles. The van der Waals surface area contributed by atoms with Gasteiger partial charge in [0.05, 0.1) is 27.7 Å². The molecule has 204 valence electrons. The average Bonchev–Trinajstić information content (AvgIpc) is 3.04. The van der Waals surface area contributed by atoms with Crippen molar-refractivity contribution in [1.29, 1.82) is 0 Å². The van der Waals surface area contributed by atoms with E-state index in [1.807, 2.05) is 20.8 Å². The van der Waals surface area contributed by atoms with Gasteiger partial charge >= 0.3 is 12.2 Å². The second-order valence-corrected chi connectivity index (χ2v) is 11.8. The van der Waals surface area contributed by atoms with Crippen LogP contribution in [-0.2, 0) is 15.4 Å². The predicted octanol–water partition coefficient (Wildman–Crippen LogP) is 2.79. The molecule has 37 heavy (non-hydrogen) atoms. The largest absolute Gasteiger partial charge is 0.355 e. The maximum Gasteiger partial charge on any atom is 0.355 e. The van der Waals surface area contributed by atoms with E-state index in [1.54, 1.807) is 6.26 Å². The van der Waals surface area contributed by atoms with E-state index in [-0.39, 0.29) is 42.8 Å². The lowest BCUT2D eigenvalue weighted by Crippen LogP contribution is -2.37. The number of hydrogen-bond acceptors (Lipinski definition) is 9. The summed E-state index contributed by atoms with van der Waals surface area (Å²) < 4.78 is 52.3. The third-order valence-electron chi connectivity index (χ3n) is 4.49. The first-order valence-corrected chi connectivity index (χ1v) is 14.0. The molecule has 0 atom stereocenters. The number of nitrogen functional groups attached to an aromatic ring is 1. The first kappa shape index (κ1) is 30.5. The Kier molecular flexibility index (Phi) is 9.38. The molecule has 0 aliphatic heterocycles. The molecule has 0 radical (unpaired) electrons. The smallest absolute Gasteiger partial charge is 0.334 e. The summed E-state index contributed by atoms with van der Waals surface area (Å²) in [7, 11) is -3.65. The quantitative estimate of drug-likeness (QED) is 0.331. The molecule has 0 aliphatic rings. The molecule has 0 saturated heterocycles. The molecule has 0 spiro atoms. The molecule has 12 nitrogen and oxygen atoms in total. The molecule has 18 heteroatoms. The van der Waals surface area contributed by atoms with Gasteiger partial charge in [-0.25, -0.2) is 17.8 Å². The summed E-state index contributed by atoms with van der Waals surface area (Å²) in [5.41, 5.74) is -1.50. The first-order valence-electron chi connectivity index (χ1n) is 10.1. The van der Waals surface area contributed by atoms with E-state index in [0.717, 1.165) is 17.0 Å². The zero-order valence-corrected chi connectivity index (χ0v) is 23.6. The number of nitrogens with two attached hydrogens (primary N) is 1. The van der Waals surface area contributed by atoms with Crippen molar-refractivity contribution in [3.63, 3.8) is 0 Å². The van der Waals surface area contributed by atoms with E-state index in [0.29, 0.717) is 15.5 Å². The Balaban J connectivity index is 0.000000294. The first-order chi connectivity index (χ1) is 16.9. The molecule has 3 aromatic rings. The van der Waals surface area contributed by atoms with Gasteiger partial charge in [-0.15, -0.1) is 15.3 Å². The van der Waals surface area contributed by atoms with Gasteiger partial charge in [-0.05, 0) is 25.3 Å². The molecule has 2 aromatic heterocycles. The zero-order valence-electron chi connectivity index (χ0n) is 20.5. The van der Waals surface area contributed by atoms with Gasteiger partial charge < -0.3 is 5.84 Å². The van der Waals surface area contributed by atoms with Crippen LogP contribution in [0, 0.1) is 6.92 Å². The Hall–Kier alpha value is -2.69. The minimum atomic E-state index is -3.65. The van der Waals surface area contributed by atoms with Crippen LogP contribution in [0.4, 0.5) is 14.5 Å². The molecule has 0 aliphatic carbocycles.